The number of hydrogen-bond acceptors (Lipinski definition) is 2. The number of nitrogens with zero attached hydrogens (tertiary/aromatic N) is 1. The van der Waals surface area contributed by atoms with Crippen molar-refractivity contribution in [2.45, 2.75) is 25.7 Å². The Balaban J connectivity index is 1.45. The molecule has 0 radical (unpaired) electrons. The fourth-order valence-corrected chi connectivity index (χ4v) is 3.73. The summed E-state index contributed by atoms with van der Waals surface area (Å²) in [4.78, 5) is 2.53. The molecule has 0 amide bonds. The lowest BCUT2D eigenvalue weighted by molar-refractivity contribution is 0.183. The van der Waals surface area contributed by atoms with Crippen LogP contribution < -0.4 is 4.74 Å². The monoisotopic (exact) mass is 293 g/mol. The fraction of sp³-hybridized carbons (Fsp3) is 0.400. The number of hydrogen-bond donors (Lipinski definition) is 0. The quantitative estimate of drug-likeness (QED) is 0.717. The van der Waals surface area contributed by atoms with Crippen LogP contribution in [-0.2, 0) is 6.42 Å². The van der Waals surface area contributed by atoms with E-state index in [1.54, 1.807) is 0 Å². The topological polar surface area (TPSA) is 12.5 Å². The Bertz CT molecular complexity index is 659. The van der Waals surface area contributed by atoms with Gasteiger partial charge in [-0.15, -0.1) is 0 Å². The number of rotatable bonds is 4. The van der Waals surface area contributed by atoms with Crippen LogP contribution in [-0.4, -0.2) is 31.1 Å². The number of ether oxygens (including phenoxy) is 1. The van der Waals surface area contributed by atoms with Gasteiger partial charge in [0, 0.05) is 18.5 Å². The molecule has 0 spiro atoms. The van der Waals surface area contributed by atoms with E-state index in [4.69, 9.17) is 4.74 Å². The summed E-state index contributed by atoms with van der Waals surface area (Å²) in [5.41, 5.74) is 5.51. The third-order valence-electron chi connectivity index (χ3n) is 4.92. The molecule has 22 heavy (non-hydrogen) atoms. The summed E-state index contributed by atoms with van der Waals surface area (Å²) in [6, 6.07) is 15.2. The van der Waals surface area contributed by atoms with Gasteiger partial charge in [-0.25, -0.2) is 0 Å². The van der Waals surface area contributed by atoms with Gasteiger partial charge < -0.3 is 4.74 Å². The standard InChI is InChI=1S/C20H23NO/c1-4-11-21(12-5-1)13-14-22-20-10-6-9-18-17-8-3-2-7-16(17)15-19(18)20/h2-3,6-10H,1,4-5,11-15H2. The van der Waals surface area contributed by atoms with Crippen molar-refractivity contribution in [1.29, 1.82) is 0 Å². The smallest absolute Gasteiger partial charge is 0.123 e. The molecule has 2 aromatic rings. The van der Waals surface area contributed by atoms with E-state index in [1.807, 2.05) is 0 Å². The highest BCUT2D eigenvalue weighted by Gasteiger charge is 2.21. The van der Waals surface area contributed by atoms with Crippen LogP contribution in [0.5, 0.6) is 5.75 Å². The first kappa shape index (κ1) is 13.8. The third-order valence-corrected chi connectivity index (χ3v) is 4.92. The van der Waals surface area contributed by atoms with Crippen LogP contribution in [0.2, 0.25) is 0 Å². The van der Waals surface area contributed by atoms with Crippen molar-refractivity contribution in [3.8, 4) is 16.9 Å². The Morgan fingerprint density at radius 2 is 1.68 bits per heavy atom. The maximum Gasteiger partial charge on any atom is 0.123 e. The highest BCUT2D eigenvalue weighted by atomic mass is 16.5. The minimum absolute atomic E-state index is 0.798. The minimum atomic E-state index is 0.798. The Morgan fingerprint density at radius 1 is 0.864 bits per heavy atom. The number of piperidine rings is 1. The summed E-state index contributed by atoms with van der Waals surface area (Å²) in [7, 11) is 0. The van der Waals surface area contributed by atoms with E-state index in [0.29, 0.717) is 0 Å². The predicted molar refractivity (Wildman–Crippen MR) is 90.5 cm³/mol. The van der Waals surface area contributed by atoms with E-state index in [0.717, 1.165) is 25.3 Å². The van der Waals surface area contributed by atoms with Gasteiger partial charge in [-0.1, -0.05) is 42.8 Å². The van der Waals surface area contributed by atoms with Crippen LogP contribution in [0, 0.1) is 0 Å². The molecule has 1 aliphatic carbocycles. The van der Waals surface area contributed by atoms with E-state index in [9.17, 15) is 0 Å². The van der Waals surface area contributed by atoms with Crippen molar-refractivity contribution in [3.63, 3.8) is 0 Å². The summed E-state index contributed by atoms with van der Waals surface area (Å²) >= 11 is 0. The molecule has 0 aromatic heterocycles. The van der Waals surface area contributed by atoms with Crippen LogP contribution in [0.1, 0.15) is 30.4 Å². The first-order chi connectivity index (χ1) is 10.9. The van der Waals surface area contributed by atoms with Gasteiger partial charge in [0.15, 0.2) is 0 Å². The average molecular weight is 293 g/mol. The molecular weight excluding hydrogens is 270 g/mol. The summed E-state index contributed by atoms with van der Waals surface area (Å²) in [5.74, 6) is 1.07. The molecule has 4 rings (SSSR count). The second-order valence-electron chi connectivity index (χ2n) is 6.37. The van der Waals surface area contributed by atoms with E-state index in [1.165, 1.54) is 54.6 Å². The first-order valence-electron chi connectivity index (χ1n) is 8.47. The molecule has 0 N–H and O–H groups in total. The second-order valence-corrected chi connectivity index (χ2v) is 6.37. The normalized spacial score (nSPS) is 17.1. The van der Waals surface area contributed by atoms with Crippen molar-refractivity contribution in [3.05, 3.63) is 53.6 Å². The summed E-state index contributed by atoms with van der Waals surface area (Å²) in [5, 5.41) is 0. The lowest BCUT2D eigenvalue weighted by Crippen LogP contribution is -2.33. The Kier molecular flexibility index (Phi) is 3.86. The molecule has 1 saturated heterocycles. The van der Waals surface area contributed by atoms with Crippen LogP contribution in [0.3, 0.4) is 0 Å². The van der Waals surface area contributed by atoms with Crippen LogP contribution in [0.25, 0.3) is 11.1 Å². The Morgan fingerprint density at radius 3 is 2.59 bits per heavy atom. The highest BCUT2D eigenvalue weighted by Crippen LogP contribution is 2.40. The Labute approximate surface area is 132 Å². The van der Waals surface area contributed by atoms with Crippen molar-refractivity contribution in [1.82, 2.24) is 4.90 Å². The molecular formula is C20H23NO. The van der Waals surface area contributed by atoms with E-state index >= 15 is 0 Å². The Hall–Kier alpha value is -1.80. The number of likely N-dealkylation sites (tertiary alicyclic amines) is 1. The van der Waals surface area contributed by atoms with Gasteiger partial charge in [0.1, 0.15) is 12.4 Å². The van der Waals surface area contributed by atoms with Gasteiger partial charge in [0.25, 0.3) is 0 Å². The minimum Gasteiger partial charge on any atom is -0.492 e. The predicted octanol–water partition coefficient (Wildman–Crippen LogP) is 4.12. The largest absolute Gasteiger partial charge is 0.492 e. The molecule has 2 nitrogen and oxygen atoms in total. The fourth-order valence-electron chi connectivity index (χ4n) is 3.73. The van der Waals surface area contributed by atoms with Crippen molar-refractivity contribution in [2.75, 3.05) is 26.2 Å². The third kappa shape index (κ3) is 2.64. The molecule has 2 heteroatoms. The SMILES string of the molecule is c1ccc2c(c1)Cc1c(OCCN3CCCCC3)cccc1-2. The molecule has 1 fully saturated rings. The van der Waals surface area contributed by atoms with Gasteiger partial charge in [0.2, 0.25) is 0 Å². The number of fused-ring (bicyclic) bond motifs is 3. The maximum absolute atomic E-state index is 6.14. The van der Waals surface area contributed by atoms with Crippen LogP contribution in [0.4, 0.5) is 0 Å². The van der Waals surface area contributed by atoms with Gasteiger partial charge in [0.05, 0.1) is 0 Å². The second kappa shape index (κ2) is 6.13. The van der Waals surface area contributed by atoms with Gasteiger partial charge in [-0.3, -0.25) is 4.90 Å². The van der Waals surface area contributed by atoms with E-state index < -0.39 is 0 Å². The van der Waals surface area contributed by atoms with Crippen molar-refractivity contribution >= 4 is 0 Å². The molecule has 0 bridgehead atoms. The molecule has 0 saturated carbocycles. The zero-order valence-electron chi connectivity index (χ0n) is 13.1. The van der Waals surface area contributed by atoms with Gasteiger partial charge >= 0.3 is 0 Å². The molecule has 0 unspecified atom stereocenters. The molecule has 2 aromatic carbocycles. The lowest BCUT2D eigenvalue weighted by Gasteiger charge is -2.26. The highest BCUT2D eigenvalue weighted by molar-refractivity contribution is 5.78. The summed E-state index contributed by atoms with van der Waals surface area (Å²) < 4.78 is 6.14. The van der Waals surface area contributed by atoms with Gasteiger partial charge in [-0.05, 0) is 48.7 Å². The van der Waals surface area contributed by atoms with Crippen molar-refractivity contribution in [2.24, 2.45) is 0 Å². The summed E-state index contributed by atoms with van der Waals surface area (Å²) in [6.45, 7) is 4.33. The zero-order chi connectivity index (χ0) is 14.8. The number of benzene rings is 2. The van der Waals surface area contributed by atoms with Crippen LogP contribution >= 0.6 is 0 Å². The average Bonchev–Trinajstić information content (AvgIpc) is 2.96. The zero-order valence-corrected chi connectivity index (χ0v) is 13.1. The molecule has 2 aliphatic rings. The maximum atomic E-state index is 6.14. The molecule has 1 aliphatic heterocycles. The van der Waals surface area contributed by atoms with Crippen molar-refractivity contribution < 1.29 is 4.74 Å². The molecule has 1 heterocycles. The molecule has 114 valence electrons. The van der Waals surface area contributed by atoms with Gasteiger partial charge in [-0.2, -0.15) is 0 Å². The van der Waals surface area contributed by atoms with E-state index in [-0.39, 0.29) is 0 Å². The summed E-state index contributed by atoms with van der Waals surface area (Å²) in [6.07, 6.45) is 5.08. The lowest BCUT2D eigenvalue weighted by atomic mass is 10.1. The first-order valence-corrected chi connectivity index (χ1v) is 8.47. The van der Waals surface area contributed by atoms with E-state index in [2.05, 4.69) is 47.4 Å². The molecule has 0 atom stereocenters. The van der Waals surface area contributed by atoms with Crippen LogP contribution in [0.15, 0.2) is 42.5 Å².